The van der Waals surface area contributed by atoms with E-state index in [-0.39, 0.29) is 6.04 Å². The minimum absolute atomic E-state index is 0.0281. The van der Waals surface area contributed by atoms with Crippen LogP contribution in [0.25, 0.3) is 5.52 Å². The van der Waals surface area contributed by atoms with E-state index in [0.29, 0.717) is 5.92 Å². The molecule has 0 radical (unpaired) electrons. The molecule has 2 N–H and O–H groups in total. The van der Waals surface area contributed by atoms with Crippen LogP contribution in [-0.4, -0.2) is 9.38 Å². The van der Waals surface area contributed by atoms with E-state index in [9.17, 15) is 0 Å². The molecule has 2 aromatic heterocycles. The summed E-state index contributed by atoms with van der Waals surface area (Å²) in [7, 11) is 0. The molecule has 0 fully saturated rings. The first-order valence-electron chi connectivity index (χ1n) is 5.33. The summed E-state index contributed by atoms with van der Waals surface area (Å²) in [6, 6.07) is 6.18. The molecule has 0 aliphatic rings. The summed E-state index contributed by atoms with van der Waals surface area (Å²) >= 11 is 0. The lowest BCUT2D eigenvalue weighted by Crippen LogP contribution is -2.12. The van der Waals surface area contributed by atoms with Crippen LogP contribution in [-0.2, 0) is 0 Å². The van der Waals surface area contributed by atoms with Crippen molar-refractivity contribution in [3.63, 3.8) is 0 Å². The van der Waals surface area contributed by atoms with Crippen molar-refractivity contribution in [2.24, 2.45) is 5.73 Å². The minimum Gasteiger partial charge on any atom is -0.323 e. The molecule has 3 nitrogen and oxygen atoms in total. The number of pyridine rings is 1. The number of nitrogens with zero attached hydrogens (tertiary/aromatic N) is 2. The van der Waals surface area contributed by atoms with Crippen LogP contribution < -0.4 is 5.73 Å². The maximum Gasteiger partial charge on any atom is 0.116 e. The fraction of sp³-hybridized carbons (Fsp3) is 0.417. The van der Waals surface area contributed by atoms with E-state index < -0.39 is 0 Å². The van der Waals surface area contributed by atoms with Gasteiger partial charge in [-0.25, -0.2) is 4.98 Å². The van der Waals surface area contributed by atoms with E-state index in [1.54, 1.807) is 0 Å². The van der Waals surface area contributed by atoms with Gasteiger partial charge >= 0.3 is 0 Å². The number of hydrogen-bond donors (Lipinski definition) is 1. The summed E-state index contributed by atoms with van der Waals surface area (Å²) in [6.45, 7) is 6.29. The summed E-state index contributed by atoms with van der Waals surface area (Å²) in [5, 5.41) is 0. The van der Waals surface area contributed by atoms with Gasteiger partial charge in [0.1, 0.15) is 5.82 Å². The van der Waals surface area contributed by atoms with Crippen LogP contribution in [0.2, 0.25) is 0 Å². The quantitative estimate of drug-likeness (QED) is 0.814. The van der Waals surface area contributed by atoms with E-state index in [4.69, 9.17) is 5.73 Å². The van der Waals surface area contributed by atoms with Gasteiger partial charge in [0, 0.05) is 17.7 Å². The van der Waals surface area contributed by atoms with Crippen LogP contribution in [0.15, 0.2) is 24.4 Å². The Balaban J connectivity index is 2.75. The second-order valence-electron chi connectivity index (χ2n) is 4.27. The average Bonchev–Trinajstić information content (AvgIpc) is 2.60. The molecular weight excluding hydrogens is 186 g/mol. The second-order valence-corrected chi connectivity index (χ2v) is 4.27. The predicted octanol–water partition coefficient (Wildman–Crippen LogP) is 2.48. The maximum absolute atomic E-state index is 5.96. The fourth-order valence-electron chi connectivity index (χ4n) is 1.86. The van der Waals surface area contributed by atoms with Gasteiger partial charge in [0.15, 0.2) is 0 Å². The third-order valence-electron chi connectivity index (χ3n) is 2.59. The van der Waals surface area contributed by atoms with Crippen molar-refractivity contribution in [1.82, 2.24) is 9.38 Å². The zero-order valence-corrected chi connectivity index (χ0v) is 9.44. The summed E-state index contributed by atoms with van der Waals surface area (Å²) in [4.78, 5) is 4.45. The Morgan fingerprint density at radius 2 is 2.00 bits per heavy atom. The summed E-state index contributed by atoms with van der Waals surface area (Å²) in [5.41, 5.74) is 8.20. The Morgan fingerprint density at radius 3 is 2.60 bits per heavy atom. The Bertz CT molecular complexity index is 469. The Morgan fingerprint density at radius 1 is 1.27 bits per heavy atom. The summed E-state index contributed by atoms with van der Waals surface area (Å²) in [5.74, 6) is 1.49. The lowest BCUT2D eigenvalue weighted by Gasteiger charge is -2.13. The van der Waals surface area contributed by atoms with E-state index in [1.807, 2.05) is 19.2 Å². The highest BCUT2D eigenvalue weighted by Crippen LogP contribution is 2.20. The van der Waals surface area contributed by atoms with Crippen molar-refractivity contribution >= 4 is 5.52 Å². The van der Waals surface area contributed by atoms with Crippen molar-refractivity contribution < 1.29 is 0 Å². The van der Waals surface area contributed by atoms with E-state index in [0.717, 1.165) is 17.0 Å². The summed E-state index contributed by atoms with van der Waals surface area (Å²) in [6.07, 6.45) is 1.90. The molecule has 3 heteroatoms. The molecule has 0 bridgehead atoms. The molecule has 2 heterocycles. The lowest BCUT2D eigenvalue weighted by atomic mass is 10.1. The molecule has 0 saturated carbocycles. The molecule has 1 unspecified atom stereocenters. The number of hydrogen-bond acceptors (Lipinski definition) is 2. The van der Waals surface area contributed by atoms with Crippen LogP contribution in [0.1, 0.15) is 44.2 Å². The second kappa shape index (κ2) is 3.66. The van der Waals surface area contributed by atoms with E-state index in [1.165, 1.54) is 0 Å². The Kier molecular flexibility index (Phi) is 2.49. The highest BCUT2D eigenvalue weighted by molar-refractivity contribution is 5.48. The van der Waals surface area contributed by atoms with Crippen LogP contribution in [0.4, 0.5) is 0 Å². The normalized spacial score (nSPS) is 13.7. The van der Waals surface area contributed by atoms with Crippen LogP contribution in [0.5, 0.6) is 0 Å². The van der Waals surface area contributed by atoms with Crippen LogP contribution in [0, 0.1) is 0 Å². The standard InChI is InChI=1S/C12H17N3/c1-8(2)12-14-7-10-5-4-6-11(9(3)13)15(10)12/h4-9H,13H2,1-3H3. The third-order valence-corrected chi connectivity index (χ3v) is 2.59. The summed E-state index contributed by atoms with van der Waals surface area (Å²) < 4.78 is 2.16. The third kappa shape index (κ3) is 1.63. The maximum atomic E-state index is 5.96. The van der Waals surface area contributed by atoms with Gasteiger partial charge in [0.05, 0.1) is 11.7 Å². The molecule has 0 amide bonds. The number of imidazole rings is 1. The molecule has 0 spiro atoms. The SMILES string of the molecule is CC(C)c1ncc2cccc(C(C)N)n12. The van der Waals surface area contributed by atoms with Gasteiger partial charge in [0.2, 0.25) is 0 Å². The van der Waals surface area contributed by atoms with Gasteiger partial charge in [0.25, 0.3) is 0 Å². The van der Waals surface area contributed by atoms with Crippen LogP contribution in [0.3, 0.4) is 0 Å². The molecule has 0 aromatic carbocycles. The van der Waals surface area contributed by atoms with Crippen molar-refractivity contribution in [1.29, 1.82) is 0 Å². The topological polar surface area (TPSA) is 43.3 Å². The first-order valence-corrected chi connectivity index (χ1v) is 5.33. The van der Waals surface area contributed by atoms with E-state index >= 15 is 0 Å². The monoisotopic (exact) mass is 203 g/mol. The molecule has 80 valence electrons. The number of fused-ring (bicyclic) bond motifs is 1. The van der Waals surface area contributed by atoms with Gasteiger partial charge in [-0.1, -0.05) is 19.9 Å². The smallest absolute Gasteiger partial charge is 0.116 e. The number of rotatable bonds is 2. The molecule has 2 aromatic rings. The molecular formula is C12H17N3. The van der Waals surface area contributed by atoms with Gasteiger partial charge in [-0.2, -0.15) is 0 Å². The number of aromatic nitrogens is 2. The fourth-order valence-corrected chi connectivity index (χ4v) is 1.86. The van der Waals surface area contributed by atoms with Gasteiger partial charge < -0.3 is 5.73 Å². The zero-order valence-electron chi connectivity index (χ0n) is 9.44. The van der Waals surface area contributed by atoms with Gasteiger partial charge in [-0.15, -0.1) is 0 Å². The molecule has 1 atom stereocenters. The highest BCUT2D eigenvalue weighted by atomic mass is 15.0. The van der Waals surface area contributed by atoms with Crippen molar-refractivity contribution in [2.45, 2.75) is 32.7 Å². The number of nitrogens with two attached hydrogens (primary N) is 1. The molecule has 0 aliphatic carbocycles. The zero-order chi connectivity index (χ0) is 11.0. The largest absolute Gasteiger partial charge is 0.323 e. The molecule has 15 heavy (non-hydrogen) atoms. The van der Waals surface area contributed by atoms with Crippen molar-refractivity contribution in [3.8, 4) is 0 Å². The van der Waals surface area contributed by atoms with Gasteiger partial charge in [-0.05, 0) is 19.1 Å². The van der Waals surface area contributed by atoms with Gasteiger partial charge in [-0.3, -0.25) is 4.40 Å². The first kappa shape index (κ1) is 10.2. The molecule has 2 rings (SSSR count). The minimum atomic E-state index is 0.0281. The first-order chi connectivity index (χ1) is 7.11. The predicted molar refractivity (Wildman–Crippen MR) is 61.9 cm³/mol. The molecule has 0 saturated heterocycles. The lowest BCUT2D eigenvalue weighted by molar-refractivity contribution is 0.707. The highest BCUT2D eigenvalue weighted by Gasteiger charge is 2.12. The van der Waals surface area contributed by atoms with E-state index in [2.05, 4.69) is 35.4 Å². The van der Waals surface area contributed by atoms with Crippen LogP contribution >= 0.6 is 0 Å². The van der Waals surface area contributed by atoms with Crippen molar-refractivity contribution in [2.75, 3.05) is 0 Å². The Hall–Kier alpha value is -1.35. The average molecular weight is 203 g/mol. The molecule has 0 aliphatic heterocycles. The Labute approximate surface area is 89.9 Å². The van der Waals surface area contributed by atoms with Crippen molar-refractivity contribution in [3.05, 3.63) is 35.9 Å².